The largest absolute Gasteiger partial charge is 0.480 e. The smallest absolute Gasteiger partial charge is 0.327 e. The summed E-state index contributed by atoms with van der Waals surface area (Å²) in [6.45, 7) is 2.23. The Balaban J connectivity index is 3.40. The van der Waals surface area contributed by atoms with Crippen LogP contribution in [-0.2, 0) is 9.59 Å². The molecule has 0 saturated heterocycles. The monoisotopic (exact) mass is 357 g/mol. The Morgan fingerprint density at radius 1 is 0.958 bits per heavy atom. The number of rotatable bonds is 16. The Morgan fingerprint density at radius 3 is 2.04 bits per heavy atom. The summed E-state index contributed by atoms with van der Waals surface area (Å²) in [6, 6.07) is -0.880. The van der Waals surface area contributed by atoms with E-state index < -0.39 is 12.0 Å². The minimum atomic E-state index is -1.03. The van der Waals surface area contributed by atoms with E-state index in [1.807, 2.05) is 0 Å². The van der Waals surface area contributed by atoms with Crippen LogP contribution in [-0.4, -0.2) is 28.8 Å². The molecule has 0 radical (unpaired) electrons. The number of hydrogen-bond acceptors (Lipinski definition) is 3. The van der Waals surface area contributed by atoms with Crippen LogP contribution < -0.4 is 5.32 Å². The van der Waals surface area contributed by atoms with Gasteiger partial charge in [0.1, 0.15) is 6.04 Å². The third-order valence-corrected chi connectivity index (χ3v) is 4.35. The van der Waals surface area contributed by atoms with Crippen molar-refractivity contribution in [3.63, 3.8) is 0 Å². The molecule has 0 aromatic rings. The Kier molecular flexibility index (Phi) is 16.2. The summed E-state index contributed by atoms with van der Waals surface area (Å²) >= 11 is 3.92. The van der Waals surface area contributed by atoms with Crippen molar-refractivity contribution in [2.45, 2.75) is 90.0 Å². The molecular formula is C19H35NO3S. The van der Waals surface area contributed by atoms with Gasteiger partial charge in [0, 0.05) is 12.2 Å². The van der Waals surface area contributed by atoms with Crippen molar-refractivity contribution in [2.75, 3.05) is 5.75 Å². The normalized spacial score (nSPS) is 12.4. The van der Waals surface area contributed by atoms with Crippen molar-refractivity contribution in [2.24, 2.45) is 0 Å². The fraction of sp³-hybridized carbons (Fsp3) is 0.789. The lowest BCUT2D eigenvalue weighted by Crippen LogP contribution is -2.42. The number of aliphatic carboxylic acids is 1. The van der Waals surface area contributed by atoms with Crippen LogP contribution in [0, 0.1) is 0 Å². The quantitative estimate of drug-likeness (QED) is 0.212. The maximum atomic E-state index is 11.6. The van der Waals surface area contributed by atoms with Crippen molar-refractivity contribution in [3.05, 3.63) is 12.2 Å². The second-order valence-corrected chi connectivity index (χ2v) is 6.63. The van der Waals surface area contributed by atoms with Gasteiger partial charge >= 0.3 is 5.97 Å². The summed E-state index contributed by atoms with van der Waals surface area (Å²) in [6.07, 6.45) is 18.0. The molecule has 0 aromatic carbocycles. The first kappa shape index (κ1) is 23.0. The lowest BCUT2D eigenvalue weighted by Gasteiger charge is -2.11. The molecule has 0 rings (SSSR count). The van der Waals surface area contributed by atoms with Crippen LogP contribution >= 0.6 is 12.6 Å². The van der Waals surface area contributed by atoms with E-state index in [9.17, 15) is 9.59 Å². The summed E-state index contributed by atoms with van der Waals surface area (Å²) in [5.74, 6) is -1.10. The molecule has 0 fully saturated rings. The van der Waals surface area contributed by atoms with Crippen molar-refractivity contribution in [1.82, 2.24) is 5.32 Å². The minimum absolute atomic E-state index is 0.118. The predicted molar refractivity (Wildman–Crippen MR) is 104 cm³/mol. The van der Waals surface area contributed by atoms with Gasteiger partial charge in [-0.2, -0.15) is 12.6 Å². The van der Waals surface area contributed by atoms with E-state index in [0.29, 0.717) is 6.42 Å². The SMILES string of the molecule is CCCCCC/C=C\CCCCCCCC(=O)N[C@@H](CS)C(=O)O. The van der Waals surface area contributed by atoms with Crippen LogP contribution in [0.4, 0.5) is 0 Å². The van der Waals surface area contributed by atoms with Crippen LogP contribution in [0.1, 0.15) is 84.0 Å². The van der Waals surface area contributed by atoms with Gasteiger partial charge in [0.15, 0.2) is 0 Å². The summed E-state index contributed by atoms with van der Waals surface area (Å²) in [7, 11) is 0. The summed E-state index contributed by atoms with van der Waals surface area (Å²) in [5, 5.41) is 11.3. The zero-order valence-corrected chi connectivity index (χ0v) is 16.0. The molecule has 140 valence electrons. The molecule has 0 spiro atoms. The first-order valence-corrected chi connectivity index (χ1v) is 10.0. The average molecular weight is 358 g/mol. The number of unbranched alkanes of at least 4 members (excludes halogenated alkanes) is 9. The molecule has 24 heavy (non-hydrogen) atoms. The van der Waals surface area contributed by atoms with E-state index in [0.717, 1.165) is 25.7 Å². The van der Waals surface area contributed by atoms with Gasteiger partial charge in [-0.05, 0) is 32.1 Å². The van der Waals surface area contributed by atoms with Gasteiger partial charge in [-0.25, -0.2) is 4.79 Å². The van der Waals surface area contributed by atoms with E-state index in [1.54, 1.807) is 0 Å². The van der Waals surface area contributed by atoms with Crippen LogP contribution in [0.2, 0.25) is 0 Å². The number of carbonyl (C=O) groups is 2. The van der Waals surface area contributed by atoms with Crippen LogP contribution in [0.15, 0.2) is 12.2 Å². The molecule has 1 atom stereocenters. The highest BCUT2D eigenvalue weighted by Gasteiger charge is 2.17. The lowest BCUT2D eigenvalue weighted by atomic mass is 10.1. The zero-order valence-electron chi connectivity index (χ0n) is 15.1. The van der Waals surface area contributed by atoms with Crippen molar-refractivity contribution < 1.29 is 14.7 Å². The first-order valence-electron chi connectivity index (χ1n) is 9.39. The molecule has 0 aliphatic carbocycles. The molecule has 0 bridgehead atoms. The van der Waals surface area contributed by atoms with Crippen LogP contribution in [0.3, 0.4) is 0 Å². The number of allylic oxidation sites excluding steroid dienone is 2. The highest BCUT2D eigenvalue weighted by molar-refractivity contribution is 7.80. The second kappa shape index (κ2) is 16.9. The van der Waals surface area contributed by atoms with Gasteiger partial charge in [-0.15, -0.1) is 0 Å². The standard InChI is InChI=1S/C19H35NO3S/c1-2-3-4-5-6-7-8-9-10-11-12-13-14-15-18(21)20-17(16-24)19(22)23/h7-8,17,24H,2-6,9-16H2,1H3,(H,20,21)(H,22,23)/b8-7-/t17-/m0/s1. The van der Waals surface area contributed by atoms with E-state index in [2.05, 4.69) is 37.0 Å². The number of amides is 1. The third-order valence-electron chi connectivity index (χ3n) is 3.98. The van der Waals surface area contributed by atoms with Gasteiger partial charge in [-0.3, -0.25) is 4.79 Å². The number of carbonyl (C=O) groups excluding carboxylic acids is 1. The fourth-order valence-corrected chi connectivity index (χ4v) is 2.70. The van der Waals surface area contributed by atoms with Crippen molar-refractivity contribution in [3.8, 4) is 0 Å². The molecule has 0 aliphatic heterocycles. The van der Waals surface area contributed by atoms with E-state index in [4.69, 9.17) is 5.11 Å². The van der Waals surface area contributed by atoms with Gasteiger partial charge in [0.2, 0.25) is 5.91 Å². The summed E-state index contributed by atoms with van der Waals surface area (Å²) < 4.78 is 0. The maximum absolute atomic E-state index is 11.6. The number of nitrogens with one attached hydrogen (secondary N) is 1. The molecule has 0 aromatic heterocycles. The molecule has 0 heterocycles. The van der Waals surface area contributed by atoms with E-state index in [1.165, 1.54) is 44.9 Å². The second-order valence-electron chi connectivity index (χ2n) is 6.27. The molecule has 2 N–H and O–H groups in total. The van der Waals surface area contributed by atoms with Gasteiger partial charge in [-0.1, -0.05) is 57.6 Å². The summed E-state index contributed by atoms with van der Waals surface area (Å²) in [5.41, 5.74) is 0. The van der Waals surface area contributed by atoms with Gasteiger partial charge in [0.25, 0.3) is 0 Å². The number of hydrogen-bond donors (Lipinski definition) is 3. The van der Waals surface area contributed by atoms with Crippen molar-refractivity contribution >= 4 is 24.5 Å². The van der Waals surface area contributed by atoms with Crippen LogP contribution in [0.25, 0.3) is 0 Å². The number of carboxylic acid groups (broad SMARTS) is 1. The zero-order chi connectivity index (χ0) is 18.0. The Hall–Kier alpha value is -0.970. The predicted octanol–water partition coefficient (Wildman–Crippen LogP) is 4.74. The highest BCUT2D eigenvalue weighted by atomic mass is 32.1. The maximum Gasteiger partial charge on any atom is 0.327 e. The topological polar surface area (TPSA) is 66.4 Å². The third kappa shape index (κ3) is 14.6. The van der Waals surface area contributed by atoms with Crippen LogP contribution in [0.5, 0.6) is 0 Å². The van der Waals surface area contributed by atoms with Gasteiger partial charge < -0.3 is 10.4 Å². The summed E-state index contributed by atoms with van der Waals surface area (Å²) in [4.78, 5) is 22.4. The first-order chi connectivity index (χ1) is 11.6. The Bertz CT molecular complexity index is 359. The molecule has 0 unspecified atom stereocenters. The molecule has 0 aliphatic rings. The Morgan fingerprint density at radius 2 is 1.50 bits per heavy atom. The van der Waals surface area contributed by atoms with E-state index in [-0.39, 0.29) is 11.7 Å². The van der Waals surface area contributed by atoms with Gasteiger partial charge in [0.05, 0.1) is 0 Å². The van der Waals surface area contributed by atoms with E-state index >= 15 is 0 Å². The average Bonchev–Trinajstić information content (AvgIpc) is 2.56. The molecule has 1 amide bonds. The molecule has 4 nitrogen and oxygen atoms in total. The number of carboxylic acids is 1. The molecule has 0 saturated carbocycles. The molecule has 5 heteroatoms. The highest BCUT2D eigenvalue weighted by Crippen LogP contribution is 2.09. The minimum Gasteiger partial charge on any atom is -0.480 e. The number of thiol groups is 1. The lowest BCUT2D eigenvalue weighted by molar-refractivity contribution is -0.141. The Labute approximate surface area is 152 Å². The van der Waals surface area contributed by atoms with Crippen molar-refractivity contribution in [1.29, 1.82) is 0 Å². The fourth-order valence-electron chi connectivity index (χ4n) is 2.45. The molecular weight excluding hydrogens is 322 g/mol.